The summed E-state index contributed by atoms with van der Waals surface area (Å²) in [6, 6.07) is 14.8. The molecular weight excluding hydrogens is 400 g/mol. The molecule has 0 aromatic heterocycles. The van der Waals surface area contributed by atoms with E-state index in [1.54, 1.807) is 0 Å². The molecule has 1 saturated carbocycles. The molecule has 0 N–H and O–H groups in total. The van der Waals surface area contributed by atoms with Gasteiger partial charge in [-0.25, -0.2) is 0 Å². The Balaban J connectivity index is 1.43. The van der Waals surface area contributed by atoms with Crippen LogP contribution in [0.5, 0.6) is 5.75 Å². The molecule has 1 heterocycles. The SMILES string of the molecule is CCOc1ccc(Cc2cc([C@@H]3CCC[C@@H](SC4CCCC4)O3)ccc2Cl)cc1. The number of hydrogen-bond donors (Lipinski definition) is 0. The molecule has 0 bridgehead atoms. The fraction of sp³-hybridized carbons (Fsp3) is 0.520. The van der Waals surface area contributed by atoms with E-state index < -0.39 is 0 Å². The molecular formula is C25H31ClO2S. The van der Waals surface area contributed by atoms with Gasteiger partial charge in [0.1, 0.15) is 11.2 Å². The Morgan fingerprint density at radius 1 is 1.00 bits per heavy atom. The first kappa shape index (κ1) is 21.1. The van der Waals surface area contributed by atoms with Crippen molar-refractivity contribution in [3.8, 4) is 5.75 Å². The summed E-state index contributed by atoms with van der Waals surface area (Å²) in [4.78, 5) is 0. The highest BCUT2D eigenvalue weighted by Crippen LogP contribution is 2.41. The number of rotatable bonds is 7. The number of ether oxygens (including phenoxy) is 2. The second-order valence-electron chi connectivity index (χ2n) is 8.13. The lowest BCUT2D eigenvalue weighted by atomic mass is 9.97. The molecule has 4 rings (SSSR count). The van der Waals surface area contributed by atoms with Crippen LogP contribution in [-0.4, -0.2) is 17.3 Å². The van der Waals surface area contributed by atoms with Crippen molar-refractivity contribution < 1.29 is 9.47 Å². The van der Waals surface area contributed by atoms with Gasteiger partial charge in [0.2, 0.25) is 0 Å². The fourth-order valence-corrected chi connectivity index (χ4v) is 6.11. The van der Waals surface area contributed by atoms with Crippen LogP contribution in [0.2, 0.25) is 5.02 Å². The minimum Gasteiger partial charge on any atom is -0.494 e. The molecule has 156 valence electrons. The van der Waals surface area contributed by atoms with Gasteiger partial charge in [-0.15, -0.1) is 11.8 Å². The Morgan fingerprint density at radius 2 is 1.79 bits per heavy atom. The first-order valence-electron chi connectivity index (χ1n) is 11.0. The number of halogens is 1. The van der Waals surface area contributed by atoms with Gasteiger partial charge in [0.25, 0.3) is 0 Å². The maximum Gasteiger partial charge on any atom is 0.119 e. The zero-order chi connectivity index (χ0) is 20.1. The average Bonchev–Trinajstić information content (AvgIpc) is 3.24. The van der Waals surface area contributed by atoms with Gasteiger partial charge in [-0.3, -0.25) is 0 Å². The number of hydrogen-bond acceptors (Lipinski definition) is 3. The van der Waals surface area contributed by atoms with Crippen LogP contribution < -0.4 is 4.74 Å². The van der Waals surface area contributed by atoms with Crippen LogP contribution in [0.3, 0.4) is 0 Å². The average molecular weight is 431 g/mol. The molecule has 29 heavy (non-hydrogen) atoms. The smallest absolute Gasteiger partial charge is 0.119 e. The number of benzene rings is 2. The van der Waals surface area contributed by atoms with Crippen LogP contribution in [0.15, 0.2) is 42.5 Å². The normalized spacial score (nSPS) is 22.7. The maximum atomic E-state index is 6.54. The molecule has 0 unspecified atom stereocenters. The highest BCUT2D eigenvalue weighted by Gasteiger charge is 2.28. The molecule has 1 aliphatic heterocycles. The van der Waals surface area contributed by atoms with Crippen molar-refractivity contribution >= 4 is 23.4 Å². The summed E-state index contributed by atoms with van der Waals surface area (Å²) in [5.41, 5.74) is 4.03. The van der Waals surface area contributed by atoms with E-state index in [1.807, 2.05) is 25.1 Å². The molecule has 2 aromatic carbocycles. The van der Waals surface area contributed by atoms with Crippen LogP contribution in [0, 0.1) is 0 Å². The highest BCUT2D eigenvalue weighted by atomic mass is 35.5. The Morgan fingerprint density at radius 3 is 2.55 bits per heavy atom. The van der Waals surface area contributed by atoms with Gasteiger partial charge in [-0.05, 0) is 80.3 Å². The Hall–Kier alpha value is -1.16. The van der Waals surface area contributed by atoms with E-state index in [9.17, 15) is 0 Å². The van der Waals surface area contributed by atoms with E-state index in [1.165, 1.54) is 55.2 Å². The van der Waals surface area contributed by atoms with Crippen LogP contribution in [0.4, 0.5) is 0 Å². The molecule has 2 nitrogen and oxygen atoms in total. The maximum absolute atomic E-state index is 6.54. The lowest BCUT2D eigenvalue weighted by Crippen LogP contribution is -2.21. The first-order chi connectivity index (χ1) is 14.2. The number of thioether (sulfide) groups is 1. The minimum atomic E-state index is 0.194. The predicted molar refractivity (Wildman–Crippen MR) is 123 cm³/mol. The lowest BCUT2D eigenvalue weighted by molar-refractivity contribution is -0.00540. The van der Waals surface area contributed by atoms with Crippen molar-refractivity contribution in [2.24, 2.45) is 0 Å². The third-order valence-electron chi connectivity index (χ3n) is 5.94. The van der Waals surface area contributed by atoms with Crippen LogP contribution >= 0.6 is 23.4 Å². The van der Waals surface area contributed by atoms with Crippen molar-refractivity contribution in [3.05, 3.63) is 64.2 Å². The lowest BCUT2D eigenvalue weighted by Gasteiger charge is -2.31. The third kappa shape index (κ3) is 5.71. The molecule has 2 aromatic rings. The van der Waals surface area contributed by atoms with Crippen molar-refractivity contribution in [2.45, 2.75) is 75.1 Å². The third-order valence-corrected chi connectivity index (χ3v) is 7.81. The van der Waals surface area contributed by atoms with E-state index in [0.29, 0.717) is 12.0 Å². The first-order valence-corrected chi connectivity index (χ1v) is 12.3. The molecule has 2 fully saturated rings. The van der Waals surface area contributed by atoms with Gasteiger partial charge in [0, 0.05) is 10.3 Å². The quantitative estimate of drug-likeness (QED) is 0.451. The van der Waals surface area contributed by atoms with E-state index >= 15 is 0 Å². The summed E-state index contributed by atoms with van der Waals surface area (Å²) in [7, 11) is 0. The Bertz CT molecular complexity index is 786. The second kappa shape index (κ2) is 10.2. The molecule has 0 radical (unpaired) electrons. The summed E-state index contributed by atoms with van der Waals surface area (Å²) >= 11 is 8.62. The van der Waals surface area contributed by atoms with Gasteiger partial charge in [-0.2, -0.15) is 0 Å². The summed E-state index contributed by atoms with van der Waals surface area (Å²) in [6.07, 6.45) is 10.1. The van der Waals surface area contributed by atoms with Crippen molar-refractivity contribution in [2.75, 3.05) is 6.61 Å². The predicted octanol–water partition coefficient (Wildman–Crippen LogP) is 7.57. The molecule has 1 saturated heterocycles. The van der Waals surface area contributed by atoms with Crippen molar-refractivity contribution in [3.63, 3.8) is 0 Å². The molecule has 0 amide bonds. The van der Waals surface area contributed by atoms with Crippen LogP contribution in [-0.2, 0) is 11.2 Å². The molecule has 1 aliphatic carbocycles. The monoisotopic (exact) mass is 430 g/mol. The molecule has 4 heteroatoms. The van der Waals surface area contributed by atoms with Crippen LogP contribution in [0.25, 0.3) is 0 Å². The summed E-state index contributed by atoms with van der Waals surface area (Å²) in [5.74, 6) is 0.914. The summed E-state index contributed by atoms with van der Waals surface area (Å²) < 4.78 is 12.1. The largest absolute Gasteiger partial charge is 0.494 e. The van der Waals surface area contributed by atoms with Crippen molar-refractivity contribution in [1.29, 1.82) is 0 Å². The van der Waals surface area contributed by atoms with Crippen LogP contribution in [0.1, 0.15) is 74.7 Å². The minimum absolute atomic E-state index is 0.194. The Kier molecular flexibility index (Phi) is 7.44. The van der Waals surface area contributed by atoms with E-state index in [4.69, 9.17) is 21.1 Å². The van der Waals surface area contributed by atoms with Gasteiger partial charge >= 0.3 is 0 Å². The van der Waals surface area contributed by atoms with Gasteiger partial charge in [0.05, 0.1) is 12.7 Å². The molecule has 2 atom stereocenters. The zero-order valence-corrected chi connectivity index (χ0v) is 18.8. The molecule has 2 aliphatic rings. The Labute approximate surface area is 184 Å². The standard InChI is InChI=1S/C25H31ClO2S/c1-2-27-21-13-10-18(11-14-21)16-20-17-19(12-15-23(20)26)24-8-5-9-25(28-24)29-22-6-3-4-7-22/h10-15,17,22,24-25H,2-9,16H2,1H3/t24-,25+/m0/s1. The molecule has 0 spiro atoms. The second-order valence-corrected chi connectivity index (χ2v) is 10.0. The fourth-order valence-electron chi connectivity index (χ4n) is 4.39. The van der Waals surface area contributed by atoms with E-state index in [-0.39, 0.29) is 6.10 Å². The van der Waals surface area contributed by atoms with Gasteiger partial charge in [-0.1, -0.05) is 48.7 Å². The van der Waals surface area contributed by atoms with Crippen molar-refractivity contribution in [1.82, 2.24) is 0 Å². The summed E-state index contributed by atoms with van der Waals surface area (Å²) in [5, 5.41) is 1.63. The van der Waals surface area contributed by atoms with E-state index in [2.05, 4.69) is 36.0 Å². The van der Waals surface area contributed by atoms with E-state index in [0.717, 1.165) is 28.9 Å². The zero-order valence-electron chi connectivity index (χ0n) is 17.2. The summed E-state index contributed by atoms with van der Waals surface area (Å²) in [6.45, 7) is 2.69. The highest BCUT2D eigenvalue weighted by molar-refractivity contribution is 8.00. The van der Waals surface area contributed by atoms with Gasteiger partial charge < -0.3 is 9.47 Å². The topological polar surface area (TPSA) is 18.5 Å². The van der Waals surface area contributed by atoms with Gasteiger partial charge in [0.15, 0.2) is 0 Å².